The number of imidazole rings is 1. The Balaban J connectivity index is 1.38. The summed E-state index contributed by atoms with van der Waals surface area (Å²) in [6, 6.07) is 10.1. The van der Waals surface area contributed by atoms with Gasteiger partial charge >= 0.3 is 5.69 Å². The summed E-state index contributed by atoms with van der Waals surface area (Å²) in [5, 5.41) is 8.88. The molecule has 0 aliphatic carbocycles. The Hall–Kier alpha value is -2.72. The zero-order valence-electron chi connectivity index (χ0n) is 21.4. The SMILES string of the molecule is Cc1cc([C@@H](C)n2cc(CC3CCCCN3C(=O)c3cc4c(cc3Br)n(C)c(=O)n4C)nn2)ccc1Br. The molecule has 0 bridgehead atoms. The van der Waals surface area contributed by atoms with Gasteiger partial charge in [-0.05, 0) is 78.4 Å². The number of rotatable bonds is 5. The molecule has 1 aliphatic heterocycles. The van der Waals surface area contributed by atoms with Crippen molar-refractivity contribution in [3.05, 3.63) is 78.3 Å². The van der Waals surface area contributed by atoms with E-state index in [-0.39, 0.29) is 23.7 Å². The number of likely N-dealkylation sites (tertiary alicyclic amines) is 1. The quantitative estimate of drug-likeness (QED) is 0.306. The third kappa shape index (κ3) is 4.81. The lowest BCUT2D eigenvalue weighted by atomic mass is 9.97. The van der Waals surface area contributed by atoms with E-state index < -0.39 is 0 Å². The van der Waals surface area contributed by atoms with Gasteiger partial charge in [0.25, 0.3) is 5.91 Å². The number of carbonyl (C=O) groups is 1. The van der Waals surface area contributed by atoms with Crippen LogP contribution in [0.5, 0.6) is 0 Å². The van der Waals surface area contributed by atoms with Crippen molar-refractivity contribution < 1.29 is 4.79 Å². The Kier molecular flexibility index (Phi) is 7.15. The van der Waals surface area contributed by atoms with Crippen LogP contribution in [0.15, 0.2) is 50.3 Å². The van der Waals surface area contributed by atoms with Gasteiger partial charge < -0.3 is 4.90 Å². The predicted octanol–water partition coefficient (Wildman–Crippen LogP) is 5.15. The lowest BCUT2D eigenvalue weighted by Gasteiger charge is -2.35. The molecule has 0 N–H and O–H groups in total. The molecule has 2 aromatic carbocycles. The molecule has 1 unspecified atom stereocenters. The molecule has 5 rings (SSSR count). The zero-order valence-corrected chi connectivity index (χ0v) is 24.6. The summed E-state index contributed by atoms with van der Waals surface area (Å²) in [5.74, 6) is -0.0270. The van der Waals surface area contributed by atoms with Crippen molar-refractivity contribution >= 4 is 48.8 Å². The summed E-state index contributed by atoms with van der Waals surface area (Å²) < 4.78 is 6.86. The number of fused-ring (bicyclic) bond motifs is 1. The lowest BCUT2D eigenvalue weighted by Crippen LogP contribution is -2.45. The molecule has 37 heavy (non-hydrogen) atoms. The van der Waals surface area contributed by atoms with Gasteiger partial charge in [0.15, 0.2) is 0 Å². The van der Waals surface area contributed by atoms with E-state index in [1.54, 1.807) is 23.2 Å². The minimum atomic E-state index is -0.113. The van der Waals surface area contributed by atoms with Crippen LogP contribution in [0.3, 0.4) is 0 Å². The van der Waals surface area contributed by atoms with Gasteiger partial charge in [0.1, 0.15) is 0 Å². The van der Waals surface area contributed by atoms with Crippen LogP contribution >= 0.6 is 31.9 Å². The maximum absolute atomic E-state index is 13.8. The number of aromatic nitrogens is 5. The Morgan fingerprint density at radius 2 is 1.81 bits per heavy atom. The fourth-order valence-electron chi connectivity index (χ4n) is 5.24. The van der Waals surface area contributed by atoms with Crippen molar-refractivity contribution in [3.63, 3.8) is 0 Å². The van der Waals surface area contributed by atoms with Gasteiger partial charge in [-0.2, -0.15) is 0 Å². The first-order valence-electron chi connectivity index (χ1n) is 12.5. The summed E-state index contributed by atoms with van der Waals surface area (Å²) >= 11 is 7.16. The number of amides is 1. The summed E-state index contributed by atoms with van der Waals surface area (Å²) in [6.07, 6.45) is 5.62. The van der Waals surface area contributed by atoms with E-state index in [0.29, 0.717) is 23.0 Å². The normalized spacial score (nSPS) is 16.9. The Labute approximate surface area is 232 Å². The Bertz CT molecular complexity index is 1550. The van der Waals surface area contributed by atoms with Gasteiger partial charge in [0.05, 0.1) is 28.3 Å². The van der Waals surface area contributed by atoms with E-state index in [2.05, 4.69) is 74.2 Å². The number of hydrogen-bond donors (Lipinski definition) is 0. The molecule has 0 spiro atoms. The molecule has 8 nitrogen and oxygen atoms in total. The third-order valence-corrected chi connectivity index (χ3v) is 9.09. The average Bonchev–Trinajstić information content (AvgIpc) is 3.43. The molecule has 3 heterocycles. The molecule has 0 saturated carbocycles. The summed E-state index contributed by atoms with van der Waals surface area (Å²) in [4.78, 5) is 28.2. The second-order valence-electron chi connectivity index (χ2n) is 9.95. The van der Waals surface area contributed by atoms with E-state index in [1.165, 1.54) is 11.1 Å². The van der Waals surface area contributed by atoms with Gasteiger partial charge in [0, 0.05) is 48.2 Å². The fourth-order valence-corrected chi connectivity index (χ4v) is 5.98. The van der Waals surface area contributed by atoms with Gasteiger partial charge in [-0.25, -0.2) is 9.48 Å². The maximum Gasteiger partial charge on any atom is 0.328 e. The van der Waals surface area contributed by atoms with Crippen LogP contribution in [-0.2, 0) is 20.5 Å². The molecule has 194 valence electrons. The monoisotopic (exact) mass is 628 g/mol. The topological polar surface area (TPSA) is 78.0 Å². The minimum Gasteiger partial charge on any atom is -0.335 e. The first-order valence-corrected chi connectivity index (χ1v) is 14.1. The first kappa shape index (κ1) is 25.9. The van der Waals surface area contributed by atoms with Crippen LogP contribution in [-0.4, -0.2) is 47.5 Å². The zero-order chi connectivity index (χ0) is 26.4. The predicted molar refractivity (Wildman–Crippen MR) is 151 cm³/mol. The highest BCUT2D eigenvalue weighted by Crippen LogP contribution is 2.29. The van der Waals surface area contributed by atoms with Crippen LogP contribution in [0.1, 0.15) is 59.4 Å². The fraction of sp³-hybridized carbons (Fsp3) is 0.407. The van der Waals surface area contributed by atoms with Crippen molar-refractivity contribution in [1.29, 1.82) is 0 Å². The molecule has 1 fully saturated rings. The van der Waals surface area contributed by atoms with E-state index in [0.717, 1.165) is 40.5 Å². The van der Waals surface area contributed by atoms with Crippen molar-refractivity contribution in [2.75, 3.05) is 6.54 Å². The van der Waals surface area contributed by atoms with Crippen molar-refractivity contribution in [2.24, 2.45) is 14.1 Å². The number of carbonyl (C=O) groups excluding carboxylic acids is 1. The van der Waals surface area contributed by atoms with Crippen LogP contribution in [0, 0.1) is 6.92 Å². The highest BCUT2D eigenvalue weighted by Gasteiger charge is 2.30. The molecule has 1 saturated heterocycles. The van der Waals surface area contributed by atoms with Gasteiger partial charge in [-0.15, -0.1) is 5.10 Å². The largest absolute Gasteiger partial charge is 0.335 e. The summed E-state index contributed by atoms with van der Waals surface area (Å²) in [5.41, 5.74) is 5.22. The van der Waals surface area contributed by atoms with Gasteiger partial charge in [-0.3, -0.25) is 13.9 Å². The van der Waals surface area contributed by atoms with Crippen molar-refractivity contribution in [3.8, 4) is 0 Å². The molecule has 2 atom stereocenters. The van der Waals surface area contributed by atoms with Crippen molar-refractivity contribution in [2.45, 2.75) is 51.6 Å². The minimum absolute atomic E-state index is 0.0270. The van der Waals surface area contributed by atoms with E-state index in [4.69, 9.17) is 0 Å². The lowest BCUT2D eigenvalue weighted by molar-refractivity contribution is 0.0611. The number of hydrogen-bond acceptors (Lipinski definition) is 4. The molecular weight excluding hydrogens is 600 g/mol. The molecule has 0 radical (unpaired) electrons. The van der Waals surface area contributed by atoms with E-state index in [1.807, 2.05) is 27.9 Å². The maximum atomic E-state index is 13.8. The Morgan fingerprint density at radius 1 is 1.08 bits per heavy atom. The summed E-state index contributed by atoms with van der Waals surface area (Å²) in [7, 11) is 3.47. The van der Waals surface area contributed by atoms with Gasteiger partial charge in [-0.1, -0.05) is 33.3 Å². The number of nitrogens with zero attached hydrogens (tertiary/aromatic N) is 6. The van der Waals surface area contributed by atoms with Gasteiger partial charge in [0.2, 0.25) is 0 Å². The standard InChI is InChI=1S/C27H30Br2N6O2/c1-16-11-18(8-9-22(16)28)17(2)35-15-19(30-31-35)12-20-7-5-6-10-34(20)26(36)21-13-24-25(14-23(21)29)33(4)27(37)32(24)3/h8-9,11,13-15,17,20H,5-7,10,12H2,1-4H3/t17-,20?/m1/s1. The number of aryl methyl sites for hydroxylation is 3. The van der Waals surface area contributed by atoms with E-state index in [9.17, 15) is 9.59 Å². The summed E-state index contributed by atoms with van der Waals surface area (Å²) in [6.45, 7) is 4.89. The van der Waals surface area contributed by atoms with Crippen LogP contribution in [0.2, 0.25) is 0 Å². The van der Waals surface area contributed by atoms with Crippen LogP contribution in [0.4, 0.5) is 0 Å². The highest BCUT2D eigenvalue weighted by molar-refractivity contribution is 9.10. The molecule has 10 heteroatoms. The molecule has 1 aliphatic rings. The van der Waals surface area contributed by atoms with Crippen LogP contribution < -0.4 is 5.69 Å². The molecule has 2 aromatic heterocycles. The molecular formula is C27H30Br2N6O2. The van der Waals surface area contributed by atoms with Crippen LogP contribution in [0.25, 0.3) is 11.0 Å². The second kappa shape index (κ2) is 10.2. The number of benzene rings is 2. The van der Waals surface area contributed by atoms with Crippen molar-refractivity contribution in [1.82, 2.24) is 29.0 Å². The number of halogens is 2. The second-order valence-corrected chi connectivity index (χ2v) is 11.7. The first-order chi connectivity index (χ1) is 17.7. The molecule has 1 amide bonds. The Morgan fingerprint density at radius 3 is 2.54 bits per heavy atom. The highest BCUT2D eigenvalue weighted by atomic mass is 79.9. The smallest absolute Gasteiger partial charge is 0.328 e. The average molecular weight is 630 g/mol. The third-order valence-electron chi connectivity index (χ3n) is 7.54. The number of piperidine rings is 1. The molecule has 4 aromatic rings. The van der Waals surface area contributed by atoms with E-state index >= 15 is 0 Å².